The molecule has 0 fully saturated rings. The van der Waals surface area contributed by atoms with Crippen LogP contribution < -0.4 is 0 Å². The molecule has 0 aromatic heterocycles. The van der Waals surface area contributed by atoms with Crippen molar-refractivity contribution >= 4 is 0 Å². The Morgan fingerprint density at radius 3 is 1.33 bits per heavy atom. The van der Waals surface area contributed by atoms with E-state index in [0.717, 1.165) is 0 Å². The highest BCUT2D eigenvalue weighted by atomic mass is 19.3. The molecule has 0 saturated heterocycles. The minimum absolute atomic E-state index is 0. The molecule has 0 aliphatic carbocycles. The van der Waals surface area contributed by atoms with E-state index in [4.69, 9.17) is 0 Å². The van der Waals surface area contributed by atoms with E-state index in [9.17, 15) is 22.0 Å². The predicted octanol–water partition coefficient (Wildman–Crippen LogP) is 2.48. The first-order valence-corrected chi connectivity index (χ1v) is 1.54. The van der Waals surface area contributed by atoms with Gasteiger partial charge in [0.2, 0.25) is 5.83 Å². The number of hydrogen-bond donors (Lipinski definition) is 0. The molecule has 0 aromatic carbocycles. The number of alkyl halides is 2. The lowest BCUT2D eigenvalue weighted by atomic mass is 10.6. The minimum Gasteiger partial charge on any atom is -0.269 e. The Kier molecular flexibility index (Phi) is 5.24. The van der Waals surface area contributed by atoms with E-state index in [1.807, 2.05) is 0 Å². The summed E-state index contributed by atoms with van der Waals surface area (Å²) < 4.78 is 54.0. The molecule has 9 heavy (non-hydrogen) atoms. The molecule has 0 spiro atoms. The summed E-state index contributed by atoms with van der Waals surface area (Å²) in [5.41, 5.74) is 0. The van der Waals surface area contributed by atoms with Gasteiger partial charge in [-0.05, 0) is 0 Å². The number of rotatable bonds is 1. The molecule has 0 amide bonds. The molecule has 0 aliphatic heterocycles. The van der Waals surface area contributed by atoms with Crippen molar-refractivity contribution < 1.29 is 26.7 Å². The van der Waals surface area contributed by atoms with Gasteiger partial charge in [0, 0.05) is 0 Å². The molecule has 0 aliphatic rings. The van der Waals surface area contributed by atoms with Crippen molar-refractivity contribution in [1.82, 2.24) is 0 Å². The Labute approximate surface area is 46.3 Å². The third-order valence-corrected chi connectivity index (χ3v) is 0.372. The van der Waals surface area contributed by atoms with E-state index in [0.29, 0.717) is 0 Å². The van der Waals surface area contributed by atoms with E-state index in [-0.39, 0.29) is 4.70 Å². The molecule has 0 bridgehead atoms. The van der Waals surface area contributed by atoms with Gasteiger partial charge >= 0.3 is 6.08 Å². The lowest BCUT2D eigenvalue weighted by Gasteiger charge is -1.88. The van der Waals surface area contributed by atoms with Gasteiger partial charge in [0.15, 0.2) is 0 Å². The van der Waals surface area contributed by atoms with Crippen LogP contribution in [-0.4, -0.2) is 6.43 Å². The zero-order valence-corrected chi connectivity index (χ0v) is 3.88. The van der Waals surface area contributed by atoms with Crippen LogP contribution in [0.2, 0.25) is 0 Å². The molecule has 0 unspecified atom stereocenters. The lowest BCUT2D eigenvalue weighted by molar-refractivity contribution is 0.145. The fourth-order valence-electron chi connectivity index (χ4n) is 0.0825. The normalized spacial score (nSPS) is 8.67. The summed E-state index contributed by atoms with van der Waals surface area (Å²) >= 11 is 0. The van der Waals surface area contributed by atoms with Crippen LogP contribution in [0.5, 0.6) is 0 Å². The molecular formula is C3H2F6. The van der Waals surface area contributed by atoms with Crippen LogP contribution in [0.4, 0.5) is 26.7 Å². The number of allylic oxidation sites excluding steroid dienone is 1. The van der Waals surface area contributed by atoms with Gasteiger partial charge in [0.25, 0.3) is 6.43 Å². The second-order valence-electron chi connectivity index (χ2n) is 0.909. The van der Waals surface area contributed by atoms with Crippen molar-refractivity contribution in [2.75, 3.05) is 0 Å². The fraction of sp³-hybridized carbons (Fsp3) is 0.333. The maximum Gasteiger partial charge on any atom is 0.307 e. The highest BCUT2D eigenvalue weighted by molar-refractivity contribution is 4.93. The molecule has 0 radical (unpaired) electrons. The smallest absolute Gasteiger partial charge is 0.269 e. The monoisotopic (exact) mass is 152 g/mol. The summed E-state index contributed by atoms with van der Waals surface area (Å²) in [6, 6.07) is 0. The molecule has 0 saturated carbocycles. The average Bonchev–Trinajstić information content (AvgIpc) is 1.64. The summed E-state index contributed by atoms with van der Waals surface area (Å²) in [4.78, 5) is 0. The molecule has 0 atom stereocenters. The zero-order chi connectivity index (χ0) is 6.73. The molecule has 6 heteroatoms. The highest BCUT2D eigenvalue weighted by Gasteiger charge is 2.16. The van der Waals surface area contributed by atoms with Crippen LogP contribution in [-0.2, 0) is 0 Å². The summed E-state index contributed by atoms with van der Waals surface area (Å²) in [6.45, 7) is 0. The van der Waals surface area contributed by atoms with Gasteiger partial charge in [-0.15, -0.1) is 0 Å². The van der Waals surface area contributed by atoms with Crippen molar-refractivity contribution in [3.8, 4) is 0 Å². The van der Waals surface area contributed by atoms with Gasteiger partial charge in [-0.3, -0.25) is 4.70 Å². The molecule has 0 heterocycles. The van der Waals surface area contributed by atoms with Crippen molar-refractivity contribution in [1.29, 1.82) is 0 Å². The van der Waals surface area contributed by atoms with Crippen molar-refractivity contribution in [2.45, 2.75) is 6.43 Å². The SMILES string of the molecule is F.FC(F)=C(F)C(F)F. The summed E-state index contributed by atoms with van der Waals surface area (Å²) in [5, 5.41) is 0. The maximum absolute atomic E-state index is 11.0. The van der Waals surface area contributed by atoms with E-state index in [1.165, 1.54) is 0 Å². The van der Waals surface area contributed by atoms with E-state index in [1.54, 1.807) is 0 Å². The van der Waals surface area contributed by atoms with Crippen LogP contribution in [0.1, 0.15) is 0 Å². The number of halogens is 6. The second-order valence-corrected chi connectivity index (χ2v) is 0.909. The topological polar surface area (TPSA) is 0 Å². The first-order valence-electron chi connectivity index (χ1n) is 1.54. The van der Waals surface area contributed by atoms with Crippen molar-refractivity contribution in [3.05, 3.63) is 11.9 Å². The first-order chi connectivity index (χ1) is 3.55. The van der Waals surface area contributed by atoms with Gasteiger partial charge in [0.05, 0.1) is 0 Å². The standard InChI is InChI=1S/C3HF5.FH/c4-1(2(5)6)3(7)8;/h2H;1H. The molecule has 0 rings (SSSR count). The van der Waals surface area contributed by atoms with Gasteiger partial charge < -0.3 is 0 Å². The van der Waals surface area contributed by atoms with Crippen LogP contribution in [0.3, 0.4) is 0 Å². The van der Waals surface area contributed by atoms with Gasteiger partial charge in [-0.1, -0.05) is 0 Å². The minimum atomic E-state index is -3.69. The van der Waals surface area contributed by atoms with Crippen LogP contribution in [0.15, 0.2) is 11.9 Å². The zero-order valence-electron chi connectivity index (χ0n) is 3.88. The van der Waals surface area contributed by atoms with E-state index in [2.05, 4.69) is 0 Å². The fourth-order valence-corrected chi connectivity index (χ4v) is 0.0825. The Morgan fingerprint density at radius 1 is 1.00 bits per heavy atom. The van der Waals surface area contributed by atoms with Gasteiger partial charge in [-0.2, -0.15) is 13.2 Å². The molecule has 56 valence electrons. The Morgan fingerprint density at radius 2 is 1.33 bits per heavy atom. The van der Waals surface area contributed by atoms with Gasteiger partial charge in [0.1, 0.15) is 0 Å². The van der Waals surface area contributed by atoms with E-state index < -0.39 is 18.3 Å². The maximum atomic E-state index is 11.0. The lowest BCUT2D eigenvalue weighted by Crippen LogP contribution is -1.90. The molecular weight excluding hydrogens is 150 g/mol. The van der Waals surface area contributed by atoms with Crippen molar-refractivity contribution in [2.24, 2.45) is 0 Å². The molecule has 0 aromatic rings. The first kappa shape index (κ1) is 11.2. The van der Waals surface area contributed by atoms with Crippen LogP contribution in [0.25, 0.3) is 0 Å². The van der Waals surface area contributed by atoms with Crippen LogP contribution >= 0.6 is 0 Å². The third-order valence-electron chi connectivity index (χ3n) is 0.372. The predicted molar refractivity (Wildman–Crippen MR) is 18.9 cm³/mol. The molecule has 0 nitrogen and oxygen atoms in total. The summed E-state index contributed by atoms with van der Waals surface area (Å²) in [5.74, 6) is -2.65. The summed E-state index contributed by atoms with van der Waals surface area (Å²) in [7, 11) is 0. The number of hydrogen-bond acceptors (Lipinski definition) is 0. The Balaban J connectivity index is 0. The Hall–Kier alpha value is -0.680. The van der Waals surface area contributed by atoms with Crippen LogP contribution in [0, 0.1) is 0 Å². The average molecular weight is 152 g/mol. The quantitative estimate of drug-likeness (QED) is 0.506. The van der Waals surface area contributed by atoms with Crippen molar-refractivity contribution in [3.63, 3.8) is 0 Å². The highest BCUT2D eigenvalue weighted by Crippen LogP contribution is 2.16. The second kappa shape index (κ2) is 4.22. The molecule has 0 N–H and O–H groups in total. The Bertz CT molecular complexity index is 101. The van der Waals surface area contributed by atoms with Gasteiger partial charge in [-0.25, -0.2) is 8.78 Å². The largest absolute Gasteiger partial charge is 0.307 e. The third kappa shape index (κ3) is 3.87. The summed E-state index contributed by atoms with van der Waals surface area (Å²) in [6.07, 6.45) is -6.65. The van der Waals surface area contributed by atoms with E-state index >= 15 is 0 Å².